The molecule has 1 aliphatic heterocycles. The first-order valence-electron chi connectivity index (χ1n) is 9.67. The molecule has 0 spiro atoms. The first-order valence-corrected chi connectivity index (χ1v) is 10.1. The number of hydrogen-bond acceptors (Lipinski definition) is 2. The van der Waals surface area contributed by atoms with E-state index in [1.54, 1.807) is 42.2 Å². The Balaban J connectivity index is 1.64. The zero-order valence-electron chi connectivity index (χ0n) is 16.4. The number of hydrogen-bond donors (Lipinski definition) is 1. The van der Waals surface area contributed by atoms with Crippen molar-refractivity contribution in [3.8, 4) is 0 Å². The molecule has 1 heterocycles. The van der Waals surface area contributed by atoms with Gasteiger partial charge in [-0.05, 0) is 61.7 Å². The van der Waals surface area contributed by atoms with Crippen molar-refractivity contribution in [2.75, 3.05) is 13.1 Å². The van der Waals surface area contributed by atoms with E-state index < -0.39 is 23.7 Å². The summed E-state index contributed by atoms with van der Waals surface area (Å²) in [6.45, 7) is 2.46. The Morgan fingerprint density at radius 2 is 1.87 bits per heavy atom. The molecule has 0 unspecified atom stereocenters. The second kappa shape index (κ2) is 9.08. The van der Waals surface area contributed by atoms with Crippen LogP contribution >= 0.6 is 11.6 Å². The van der Waals surface area contributed by atoms with E-state index in [1.165, 1.54) is 6.07 Å². The molecule has 2 atom stereocenters. The zero-order valence-corrected chi connectivity index (χ0v) is 17.1. The van der Waals surface area contributed by atoms with Gasteiger partial charge in [0.25, 0.3) is 5.91 Å². The third-order valence-corrected chi connectivity index (χ3v) is 5.50. The van der Waals surface area contributed by atoms with Gasteiger partial charge in [-0.1, -0.05) is 23.7 Å². The van der Waals surface area contributed by atoms with E-state index in [0.717, 1.165) is 12.1 Å². The molecule has 2 aromatic rings. The summed E-state index contributed by atoms with van der Waals surface area (Å²) in [7, 11) is 0. The maximum absolute atomic E-state index is 12.9. The highest BCUT2D eigenvalue weighted by Crippen LogP contribution is 2.31. The minimum absolute atomic E-state index is 0.171. The fraction of sp³-hybridized carbons (Fsp3) is 0.364. The van der Waals surface area contributed by atoms with Crippen LogP contribution in [0.1, 0.15) is 47.3 Å². The summed E-state index contributed by atoms with van der Waals surface area (Å²) < 4.78 is 38.8. The quantitative estimate of drug-likeness (QED) is 0.723. The van der Waals surface area contributed by atoms with Crippen LogP contribution in [0.2, 0.25) is 5.02 Å². The number of rotatable bonds is 4. The highest BCUT2D eigenvalue weighted by Gasteiger charge is 2.32. The molecule has 0 aromatic heterocycles. The highest BCUT2D eigenvalue weighted by molar-refractivity contribution is 6.30. The molecule has 1 aliphatic rings. The van der Waals surface area contributed by atoms with Gasteiger partial charge >= 0.3 is 6.18 Å². The van der Waals surface area contributed by atoms with Crippen molar-refractivity contribution in [3.63, 3.8) is 0 Å². The molecule has 3 rings (SSSR count). The van der Waals surface area contributed by atoms with Crippen LogP contribution in [0.5, 0.6) is 0 Å². The number of amides is 2. The van der Waals surface area contributed by atoms with E-state index in [0.29, 0.717) is 35.5 Å². The summed E-state index contributed by atoms with van der Waals surface area (Å²) >= 11 is 5.86. The van der Waals surface area contributed by atoms with Gasteiger partial charge in [0.05, 0.1) is 17.5 Å². The number of alkyl halides is 3. The first-order chi connectivity index (χ1) is 14.1. The molecule has 0 bridgehead atoms. The molecule has 0 saturated carbocycles. The lowest BCUT2D eigenvalue weighted by molar-refractivity contribution is -0.137. The Morgan fingerprint density at radius 1 is 1.17 bits per heavy atom. The van der Waals surface area contributed by atoms with Crippen molar-refractivity contribution in [2.45, 2.75) is 32.0 Å². The Morgan fingerprint density at radius 3 is 2.53 bits per heavy atom. The van der Waals surface area contributed by atoms with Gasteiger partial charge in [-0.25, -0.2) is 0 Å². The van der Waals surface area contributed by atoms with Crippen LogP contribution in [0.3, 0.4) is 0 Å². The van der Waals surface area contributed by atoms with Crippen molar-refractivity contribution in [3.05, 3.63) is 70.2 Å². The fourth-order valence-corrected chi connectivity index (χ4v) is 3.68. The number of likely N-dealkylation sites (tertiary alicyclic amines) is 1. The number of nitrogens with zero attached hydrogens (tertiary/aromatic N) is 1. The van der Waals surface area contributed by atoms with Crippen molar-refractivity contribution in [2.24, 2.45) is 5.92 Å². The number of carbonyl (C=O) groups is 2. The molecule has 1 saturated heterocycles. The van der Waals surface area contributed by atoms with Crippen LogP contribution < -0.4 is 5.32 Å². The second-order valence-electron chi connectivity index (χ2n) is 7.45. The maximum Gasteiger partial charge on any atom is 0.416 e. The summed E-state index contributed by atoms with van der Waals surface area (Å²) in [6, 6.07) is 10.9. The number of carbonyl (C=O) groups excluding carboxylic acids is 2. The lowest BCUT2D eigenvalue weighted by Gasteiger charge is -2.32. The molecule has 8 heteroatoms. The van der Waals surface area contributed by atoms with E-state index in [1.807, 2.05) is 0 Å². The third-order valence-electron chi connectivity index (χ3n) is 5.24. The number of halogens is 4. The van der Waals surface area contributed by atoms with Crippen LogP contribution in [0.25, 0.3) is 0 Å². The van der Waals surface area contributed by atoms with Gasteiger partial charge in [0.1, 0.15) is 0 Å². The number of nitrogens with one attached hydrogen (secondary N) is 1. The topological polar surface area (TPSA) is 49.4 Å². The van der Waals surface area contributed by atoms with Crippen LogP contribution in [0, 0.1) is 5.92 Å². The lowest BCUT2D eigenvalue weighted by atomic mass is 9.95. The van der Waals surface area contributed by atoms with E-state index in [9.17, 15) is 22.8 Å². The van der Waals surface area contributed by atoms with Gasteiger partial charge in [0.15, 0.2) is 0 Å². The van der Waals surface area contributed by atoms with Crippen LogP contribution in [0.15, 0.2) is 48.5 Å². The van der Waals surface area contributed by atoms with Crippen molar-refractivity contribution in [1.82, 2.24) is 10.2 Å². The smallest absolute Gasteiger partial charge is 0.349 e. The molecule has 160 valence electrons. The first kappa shape index (κ1) is 22.2. The molecular weight excluding hydrogens is 417 g/mol. The van der Waals surface area contributed by atoms with Crippen LogP contribution in [0.4, 0.5) is 13.2 Å². The van der Waals surface area contributed by atoms with Crippen molar-refractivity contribution in [1.29, 1.82) is 0 Å². The van der Waals surface area contributed by atoms with Gasteiger partial charge in [-0.15, -0.1) is 0 Å². The van der Waals surface area contributed by atoms with Gasteiger partial charge in [-0.2, -0.15) is 13.2 Å². The monoisotopic (exact) mass is 438 g/mol. The zero-order chi connectivity index (χ0) is 21.9. The predicted molar refractivity (Wildman–Crippen MR) is 108 cm³/mol. The average molecular weight is 439 g/mol. The molecule has 0 aliphatic carbocycles. The molecule has 1 N–H and O–H groups in total. The van der Waals surface area contributed by atoms with E-state index in [4.69, 9.17) is 11.6 Å². The molecule has 2 amide bonds. The van der Waals surface area contributed by atoms with E-state index in [-0.39, 0.29) is 18.4 Å². The number of benzene rings is 2. The molecule has 30 heavy (non-hydrogen) atoms. The standard InChI is InChI=1S/C22H22ClF3N2O2/c1-14(16-4-2-6-18(12-16)22(24,25)26)27-20(29)17-5-3-11-28(13-17)21(30)15-7-9-19(23)10-8-15/h2,4,6-10,12,14,17H,3,5,11,13H2,1H3,(H,27,29)/t14-,17+/m1/s1. The van der Waals surface area contributed by atoms with E-state index >= 15 is 0 Å². The lowest BCUT2D eigenvalue weighted by Crippen LogP contribution is -2.45. The Labute approximate surface area is 178 Å². The largest absolute Gasteiger partial charge is 0.416 e. The summed E-state index contributed by atoms with van der Waals surface area (Å²) in [4.78, 5) is 27.1. The molecule has 4 nitrogen and oxygen atoms in total. The minimum atomic E-state index is -4.44. The maximum atomic E-state index is 12.9. The molecule has 1 fully saturated rings. The van der Waals surface area contributed by atoms with Gasteiger partial charge in [0.2, 0.25) is 5.91 Å². The summed E-state index contributed by atoms with van der Waals surface area (Å²) in [5.41, 5.74) is 0.124. The van der Waals surface area contributed by atoms with E-state index in [2.05, 4.69) is 5.32 Å². The van der Waals surface area contributed by atoms with Crippen molar-refractivity contribution < 1.29 is 22.8 Å². The van der Waals surface area contributed by atoms with Crippen LogP contribution in [-0.4, -0.2) is 29.8 Å². The number of piperidine rings is 1. The van der Waals surface area contributed by atoms with Gasteiger partial charge in [0, 0.05) is 23.7 Å². The summed E-state index contributed by atoms with van der Waals surface area (Å²) in [5.74, 6) is -0.855. The third kappa shape index (κ3) is 5.33. The normalized spacial score (nSPS) is 18.0. The highest BCUT2D eigenvalue weighted by atomic mass is 35.5. The van der Waals surface area contributed by atoms with Gasteiger partial charge < -0.3 is 10.2 Å². The molecule has 0 radical (unpaired) electrons. The second-order valence-corrected chi connectivity index (χ2v) is 7.89. The Kier molecular flexibility index (Phi) is 6.71. The van der Waals surface area contributed by atoms with Crippen molar-refractivity contribution >= 4 is 23.4 Å². The summed E-state index contributed by atoms with van der Waals surface area (Å²) in [5, 5.41) is 3.32. The SMILES string of the molecule is C[C@@H](NC(=O)[C@H]1CCCN(C(=O)c2ccc(Cl)cc2)C1)c1cccc(C(F)(F)F)c1. The Bertz CT molecular complexity index is 915. The molecule has 2 aromatic carbocycles. The fourth-order valence-electron chi connectivity index (χ4n) is 3.55. The average Bonchev–Trinajstić information content (AvgIpc) is 2.73. The van der Waals surface area contributed by atoms with Crippen LogP contribution in [-0.2, 0) is 11.0 Å². The summed E-state index contributed by atoms with van der Waals surface area (Å²) in [6.07, 6.45) is -3.15. The minimum Gasteiger partial charge on any atom is -0.349 e. The molecular formula is C22H22ClF3N2O2. The Hall–Kier alpha value is -2.54. The predicted octanol–water partition coefficient (Wildman–Crippen LogP) is 5.09. The van der Waals surface area contributed by atoms with Gasteiger partial charge in [-0.3, -0.25) is 9.59 Å².